The normalized spacial score (nSPS) is 10.8. The van der Waals surface area contributed by atoms with Gasteiger partial charge in [0.15, 0.2) is 17.4 Å². The molecule has 1 N–H and O–H groups in total. The number of hydrogen-bond acceptors (Lipinski definition) is 6. The Morgan fingerprint density at radius 1 is 1.25 bits per heavy atom. The minimum Gasteiger partial charge on any atom is -0.484 e. The molecular weight excluding hydrogens is 326 g/mol. The number of nitrogens with zero attached hydrogens (tertiary/aromatic N) is 2. The molecular formula is C17H17N3O3S. The van der Waals surface area contributed by atoms with Crippen LogP contribution in [0.4, 0.5) is 5.13 Å². The summed E-state index contributed by atoms with van der Waals surface area (Å²) in [6, 6.07) is 11.3. The zero-order chi connectivity index (χ0) is 16.9. The number of aromatic nitrogens is 2. The van der Waals surface area contributed by atoms with Gasteiger partial charge in [0.25, 0.3) is 5.91 Å². The molecule has 0 fully saturated rings. The molecule has 3 rings (SSSR count). The van der Waals surface area contributed by atoms with Gasteiger partial charge in [0.2, 0.25) is 5.13 Å². The fourth-order valence-corrected chi connectivity index (χ4v) is 2.75. The number of carbonyl (C=O) groups excluding carboxylic acids is 1. The van der Waals surface area contributed by atoms with Gasteiger partial charge in [-0.1, -0.05) is 37.3 Å². The van der Waals surface area contributed by atoms with Crippen LogP contribution >= 0.6 is 11.3 Å². The number of anilines is 1. The highest BCUT2D eigenvalue weighted by Gasteiger charge is 2.11. The predicted molar refractivity (Wildman–Crippen MR) is 92.3 cm³/mol. The summed E-state index contributed by atoms with van der Waals surface area (Å²) in [6.07, 6.45) is 1.56. The van der Waals surface area contributed by atoms with E-state index in [0.29, 0.717) is 27.6 Å². The summed E-state index contributed by atoms with van der Waals surface area (Å²) in [5, 5.41) is 11.6. The Kier molecular flexibility index (Phi) is 4.90. The second-order valence-electron chi connectivity index (χ2n) is 5.45. The van der Waals surface area contributed by atoms with Gasteiger partial charge in [0.1, 0.15) is 5.75 Å². The van der Waals surface area contributed by atoms with Crippen LogP contribution < -0.4 is 10.1 Å². The number of ether oxygens (including phenoxy) is 1. The minimum atomic E-state index is -0.287. The smallest absolute Gasteiger partial charge is 0.264 e. The highest BCUT2D eigenvalue weighted by molar-refractivity contribution is 7.18. The summed E-state index contributed by atoms with van der Waals surface area (Å²) in [5.41, 5.74) is 1.23. The topological polar surface area (TPSA) is 77.2 Å². The van der Waals surface area contributed by atoms with Crippen LogP contribution in [-0.4, -0.2) is 22.7 Å². The van der Waals surface area contributed by atoms with E-state index in [1.165, 1.54) is 16.9 Å². The Morgan fingerprint density at radius 3 is 2.71 bits per heavy atom. The van der Waals surface area contributed by atoms with Crippen LogP contribution in [0.1, 0.15) is 25.3 Å². The Morgan fingerprint density at radius 2 is 2.04 bits per heavy atom. The Balaban J connectivity index is 1.52. The van der Waals surface area contributed by atoms with E-state index >= 15 is 0 Å². The molecule has 3 aromatic rings. The van der Waals surface area contributed by atoms with Crippen LogP contribution in [0.3, 0.4) is 0 Å². The van der Waals surface area contributed by atoms with E-state index in [1.54, 1.807) is 18.4 Å². The Bertz CT molecular complexity index is 795. The lowest BCUT2D eigenvalue weighted by Crippen LogP contribution is -2.20. The molecule has 0 atom stereocenters. The summed E-state index contributed by atoms with van der Waals surface area (Å²) in [4.78, 5) is 11.9. The van der Waals surface area contributed by atoms with E-state index in [4.69, 9.17) is 9.15 Å². The van der Waals surface area contributed by atoms with E-state index in [0.717, 1.165) is 0 Å². The second-order valence-corrected chi connectivity index (χ2v) is 6.43. The molecule has 0 bridgehead atoms. The van der Waals surface area contributed by atoms with Crippen molar-refractivity contribution in [3.63, 3.8) is 0 Å². The lowest BCUT2D eigenvalue weighted by molar-refractivity contribution is -0.118. The molecule has 6 nitrogen and oxygen atoms in total. The van der Waals surface area contributed by atoms with Crippen molar-refractivity contribution >= 4 is 22.4 Å². The van der Waals surface area contributed by atoms with Gasteiger partial charge in [-0.2, -0.15) is 0 Å². The molecule has 0 spiro atoms. The highest BCUT2D eigenvalue weighted by Crippen LogP contribution is 2.26. The summed E-state index contributed by atoms with van der Waals surface area (Å²) in [6.45, 7) is 4.17. The molecule has 0 saturated heterocycles. The first kappa shape index (κ1) is 16.2. The summed E-state index contributed by atoms with van der Waals surface area (Å²) >= 11 is 1.24. The largest absolute Gasteiger partial charge is 0.484 e. The molecule has 1 aromatic carbocycles. The van der Waals surface area contributed by atoms with Gasteiger partial charge in [-0.3, -0.25) is 10.1 Å². The third-order valence-corrected chi connectivity index (χ3v) is 4.17. The molecule has 0 saturated carbocycles. The monoisotopic (exact) mass is 343 g/mol. The maximum atomic E-state index is 11.9. The van der Waals surface area contributed by atoms with Gasteiger partial charge in [-0.05, 0) is 35.7 Å². The van der Waals surface area contributed by atoms with Crippen molar-refractivity contribution in [3.05, 3.63) is 48.2 Å². The molecule has 0 unspecified atom stereocenters. The second kappa shape index (κ2) is 7.27. The molecule has 1 amide bonds. The van der Waals surface area contributed by atoms with E-state index in [2.05, 4.69) is 29.4 Å². The zero-order valence-electron chi connectivity index (χ0n) is 13.4. The van der Waals surface area contributed by atoms with E-state index in [-0.39, 0.29) is 12.5 Å². The van der Waals surface area contributed by atoms with Gasteiger partial charge in [0.05, 0.1) is 6.26 Å². The number of rotatable bonds is 6. The number of nitrogens with one attached hydrogen (secondary N) is 1. The number of hydrogen-bond donors (Lipinski definition) is 1. The number of benzene rings is 1. The van der Waals surface area contributed by atoms with Crippen molar-refractivity contribution in [1.82, 2.24) is 10.2 Å². The molecule has 0 radical (unpaired) electrons. The first-order valence-corrected chi connectivity index (χ1v) is 8.33. The van der Waals surface area contributed by atoms with Gasteiger partial charge < -0.3 is 9.15 Å². The van der Waals surface area contributed by atoms with Crippen molar-refractivity contribution in [1.29, 1.82) is 0 Å². The molecule has 0 aliphatic rings. The van der Waals surface area contributed by atoms with Crippen LogP contribution in [0, 0.1) is 0 Å². The molecule has 2 aromatic heterocycles. The predicted octanol–water partition coefficient (Wildman–Crippen LogP) is 3.94. The number of carbonyl (C=O) groups is 1. The third-order valence-electron chi connectivity index (χ3n) is 3.32. The first-order valence-electron chi connectivity index (χ1n) is 7.52. The zero-order valence-corrected chi connectivity index (χ0v) is 14.2. The number of amides is 1. The molecule has 0 aliphatic carbocycles. The van der Waals surface area contributed by atoms with E-state index in [1.807, 2.05) is 24.3 Å². The molecule has 2 heterocycles. The average Bonchev–Trinajstić information content (AvgIpc) is 3.24. The van der Waals surface area contributed by atoms with Crippen molar-refractivity contribution in [2.45, 2.75) is 19.8 Å². The molecule has 7 heteroatoms. The summed E-state index contributed by atoms with van der Waals surface area (Å²) < 4.78 is 10.7. The lowest BCUT2D eigenvalue weighted by atomic mass is 10.0. The van der Waals surface area contributed by atoms with Crippen LogP contribution in [-0.2, 0) is 4.79 Å². The SMILES string of the molecule is CC(C)c1ccc(OCC(=O)Nc2nnc(-c3ccco3)s2)cc1. The van der Waals surface area contributed by atoms with Gasteiger partial charge in [-0.25, -0.2) is 0 Å². The van der Waals surface area contributed by atoms with Crippen molar-refractivity contribution in [2.24, 2.45) is 0 Å². The maximum Gasteiger partial charge on any atom is 0.264 e. The fourth-order valence-electron chi connectivity index (χ4n) is 2.03. The van der Waals surface area contributed by atoms with Gasteiger partial charge >= 0.3 is 0 Å². The Hall–Kier alpha value is -2.67. The molecule has 0 aliphatic heterocycles. The summed E-state index contributed by atoms with van der Waals surface area (Å²) in [5.74, 6) is 1.45. The minimum absolute atomic E-state index is 0.0866. The van der Waals surface area contributed by atoms with Crippen LogP contribution in [0.25, 0.3) is 10.8 Å². The Labute approximate surface area is 143 Å². The van der Waals surface area contributed by atoms with Crippen LogP contribution in [0.2, 0.25) is 0 Å². The number of furan rings is 1. The average molecular weight is 343 g/mol. The van der Waals surface area contributed by atoms with Gasteiger partial charge in [0, 0.05) is 0 Å². The van der Waals surface area contributed by atoms with Crippen molar-refractivity contribution in [3.8, 4) is 16.5 Å². The van der Waals surface area contributed by atoms with Crippen LogP contribution in [0.15, 0.2) is 47.1 Å². The van der Waals surface area contributed by atoms with E-state index in [9.17, 15) is 4.79 Å². The molecule has 124 valence electrons. The molecule has 24 heavy (non-hydrogen) atoms. The van der Waals surface area contributed by atoms with Crippen molar-refractivity contribution < 1.29 is 13.9 Å². The maximum absolute atomic E-state index is 11.9. The lowest BCUT2D eigenvalue weighted by Gasteiger charge is -2.08. The standard InChI is InChI=1S/C17H17N3O3S/c1-11(2)12-5-7-13(8-6-12)23-10-15(21)18-17-20-19-16(24-17)14-4-3-9-22-14/h3-9,11H,10H2,1-2H3,(H,18,20,21). The third kappa shape index (κ3) is 3.99. The first-order chi connectivity index (χ1) is 11.6. The highest BCUT2D eigenvalue weighted by atomic mass is 32.1. The summed E-state index contributed by atoms with van der Waals surface area (Å²) in [7, 11) is 0. The fraction of sp³-hybridized carbons (Fsp3) is 0.235. The van der Waals surface area contributed by atoms with Crippen molar-refractivity contribution in [2.75, 3.05) is 11.9 Å². The van der Waals surface area contributed by atoms with E-state index < -0.39 is 0 Å². The van der Waals surface area contributed by atoms with Gasteiger partial charge in [-0.15, -0.1) is 10.2 Å². The quantitative estimate of drug-likeness (QED) is 0.733. The van der Waals surface area contributed by atoms with Crippen LogP contribution in [0.5, 0.6) is 5.75 Å².